The molecule has 0 saturated heterocycles. The Bertz CT molecular complexity index is 495. The molecule has 4 heteroatoms. The summed E-state index contributed by atoms with van der Waals surface area (Å²) in [4.78, 5) is 23.3. The van der Waals surface area contributed by atoms with Crippen LogP contribution in [-0.4, -0.2) is 18.0 Å². The zero-order valence-corrected chi connectivity index (χ0v) is 11.9. The molecular formula is C16H20O4. The predicted octanol–water partition coefficient (Wildman–Crippen LogP) is 3.41. The Morgan fingerprint density at radius 1 is 1.30 bits per heavy atom. The van der Waals surface area contributed by atoms with E-state index in [1.54, 1.807) is 12.1 Å². The average molecular weight is 276 g/mol. The van der Waals surface area contributed by atoms with Crippen LogP contribution in [0.2, 0.25) is 0 Å². The molecule has 0 aromatic heterocycles. The van der Waals surface area contributed by atoms with Crippen molar-refractivity contribution in [1.29, 1.82) is 0 Å². The van der Waals surface area contributed by atoms with Crippen LogP contribution in [-0.2, 0) is 14.3 Å². The number of rotatable bonds is 5. The maximum Gasteiger partial charge on any atom is 0.338 e. The van der Waals surface area contributed by atoms with E-state index in [2.05, 4.69) is 6.92 Å². The molecule has 20 heavy (non-hydrogen) atoms. The van der Waals surface area contributed by atoms with E-state index in [-0.39, 0.29) is 18.0 Å². The van der Waals surface area contributed by atoms with Gasteiger partial charge in [0.2, 0.25) is 0 Å². The molecule has 1 aromatic carbocycles. The summed E-state index contributed by atoms with van der Waals surface area (Å²) in [6.07, 6.45) is 2.96. The van der Waals surface area contributed by atoms with E-state index < -0.39 is 6.10 Å². The van der Waals surface area contributed by atoms with Crippen molar-refractivity contribution in [1.82, 2.24) is 0 Å². The highest BCUT2D eigenvalue weighted by Crippen LogP contribution is 2.34. The predicted molar refractivity (Wildman–Crippen MR) is 74.3 cm³/mol. The zero-order chi connectivity index (χ0) is 14.5. The molecule has 108 valence electrons. The molecule has 4 nitrogen and oxygen atoms in total. The van der Waals surface area contributed by atoms with Crippen molar-refractivity contribution in [3.63, 3.8) is 0 Å². The van der Waals surface area contributed by atoms with Gasteiger partial charge in [-0.3, -0.25) is 4.79 Å². The standard InChI is InChI=1S/C16H20O4/c1-3-4-5-10-14-15(19-11(2)17)12-8-6-7-9-13(12)16(18)20-14/h6-9,14-15H,3-5,10H2,1-2H3/t14-,15-/m0/s1. The maximum atomic E-state index is 12.0. The van der Waals surface area contributed by atoms with Gasteiger partial charge >= 0.3 is 11.9 Å². The number of cyclic esters (lactones) is 1. The van der Waals surface area contributed by atoms with Crippen LogP contribution in [0.25, 0.3) is 0 Å². The topological polar surface area (TPSA) is 52.6 Å². The van der Waals surface area contributed by atoms with Gasteiger partial charge in [-0.2, -0.15) is 0 Å². The van der Waals surface area contributed by atoms with Crippen molar-refractivity contribution in [2.75, 3.05) is 0 Å². The summed E-state index contributed by atoms with van der Waals surface area (Å²) in [6, 6.07) is 7.16. The largest absolute Gasteiger partial charge is 0.454 e. The van der Waals surface area contributed by atoms with Crippen LogP contribution in [0, 0.1) is 0 Å². The van der Waals surface area contributed by atoms with Crippen molar-refractivity contribution >= 4 is 11.9 Å². The quantitative estimate of drug-likeness (QED) is 0.611. The summed E-state index contributed by atoms with van der Waals surface area (Å²) < 4.78 is 10.8. The zero-order valence-electron chi connectivity index (χ0n) is 11.9. The second kappa shape index (κ2) is 6.55. The molecule has 0 radical (unpaired) electrons. The van der Waals surface area contributed by atoms with Crippen LogP contribution in [0.15, 0.2) is 24.3 Å². The average Bonchev–Trinajstić information content (AvgIpc) is 2.43. The number of carbonyl (C=O) groups is 2. The van der Waals surface area contributed by atoms with E-state index in [0.29, 0.717) is 12.0 Å². The van der Waals surface area contributed by atoms with Gasteiger partial charge in [0.1, 0.15) is 6.10 Å². The molecular weight excluding hydrogens is 256 g/mol. The van der Waals surface area contributed by atoms with E-state index in [9.17, 15) is 9.59 Å². The van der Waals surface area contributed by atoms with Gasteiger partial charge < -0.3 is 9.47 Å². The molecule has 0 spiro atoms. The summed E-state index contributed by atoms with van der Waals surface area (Å²) >= 11 is 0. The number of hydrogen-bond donors (Lipinski definition) is 0. The van der Waals surface area contributed by atoms with Gasteiger partial charge in [0.05, 0.1) is 5.56 Å². The minimum absolute atomic E-state index is 0.328. The number of unbranched alkanes of at least 4 members (excludes halogenated alkanes) is 2. The van der Waals surface area contributed by atoms with Gasteiger partial charge in [0.15, 0.2) is 6.10 Å². The van der Waals surface area contributed by atoms with Crippen molar-refractivity contribution in [2.24, 2.45) is 0 Å². The third-order valence-corrected chi connectivity index (χ3v) is 3.47. The Kier molecular flexibility index (Phi) is 4.77. The van der Waals surface area contributed by atoms with Crippen LogP contribution in [0.3, 0.4) is 0 Å². The molecule has 2 rings (SSSR count). The molecule has 0 bridgehead atoms. The highest BCUT2D eigenvalue weighted by Gasteiger charge is 2.37. The molecule has 1 aromatic rings. The van der Waals surface area contributed by atoms with E-state index >= 15 is 0 Å². The molecule has 1 heterocycles. The van der Waals surface area contributed by atoms with E-state index in [0.717, 1.165) is 24.8 Å². The van der Waals surface area contributed by atoms with Crippen LogP contribution < -0.4 is 0 Å². The number of ether oxygens (including phenoxy) is 2. The monoisotopic (exact) mass is 276 g/mol. The number of fused-ring (bicyclic) bond motifs is 1. The number of hydrogen-bond acceptors (Lipinski definition) is 4. The summed E-state index contributed by atoms with van der Waals surface area (Å²) in [5, 5.41) is 0. The molecule has 1 aliphatic heterocycles. The van der Waals surface area contributed by atoms with E-state index in [1.807, 2.05) is 12.1 Å². The molecule has 0 amide bonds. The van der Waals surface area contributed by atoms with Crippen LogP contribution in [0.4, 0.5) is 0 Å². The highest BCUT2D eigenvalue weighted by molar-refractivity contribution is 5.92. The normalized spacial score (nSPS) is 21.0. The molecule has 0 fully saturated rings. The summed E-state index contributed by atoms with van der Waals surface area (Å²) in [5.41, 5.74) is 1.24. The smallest absolute Gasteiger partial charge is 0.338 e. The van der Waals surface area contributed by atoms with Gasteiger partial charge in [0, 0.05) is 12.5 Å². The fraction of sp³-hybridized carbons (Fsp3) is 0.500. The van der Waals surface area contributed by atoms with Crippen molar-refractivity contribution in [3.05, 3.63) is 35.4 Å². The third kappa shape index (κ3) is 3.18. The molecule has 0 saturated carbocycles. The number of esters is 2. The van der Waals surface area contributed by atoms with Crippen LogP contribution in [0.5, 0.6) is 0 Å². The first-order valence-corrected chi connectivity index (χ1v) is 7.10. The minimum atomic E-state index is -0.488. The van der Waals surface area contributed by atoms with Crippen molar-refractivity contribution in [2.45, 2.75) is 51.7 Å². The Hall–Kier alpha value is -1.84. The molecule has 0 N–H and O–H groups in total. The lowest BCUT2D eigenvalue weighted by molar-refractivity contribution is -0.154. The van der Waals surface area contributed by atoms with Gasteiger partial charge in [-0.15, -0.1) is 0 Å². The Morgan fingerprint density at radius 3 is 2.75 bits per heavy atom. The second-order valence-corrected chi connectivity index (χ2v) is 5.06. The Balaban J connectivity index is 2.24. The third-order valence-electron chi connectivity index (χ3n) is 3.47. The molecule has 0 aliphatic carbocycles. The molecule has 0 unspecified atom stereocenters. The maximum absolute atomic E-state index is 12.0. The van der Waals surface area contributed by atoms with Crippen molar-refractivity contribution < 1.29 is 19.1 Å². The first-order valence-electron chi connectivity index (χ1n) is 7.10. The minimum Gasteiger partial charge on any atom is -0.454 e. The molecule has 1 aliphatic rings. The Morgan fingerprint density at radius 2 is 2.05 bits per heavy atom. The SMILES string of the molecule is CCCCC[C@@H]1OC(=O)c2ccccc2[C@@H]1OC(C)=O. The fourth-order valence-corrected chi connectivity index (χ4v) is 2.52. The summed E-state index contributed by atoms with van der Waals surface area (Å²) in [5.74, 6) is -0.686. The van der Waals surface area contributed by atoms with Gasteiger partial charge in [-0.25, -0.2) is 4.79 Å². The molecule has 2 atom stereocenters. The summed E-state index contributed by atoms with van der Waals surface area (Å²) in [7, 11) is 0. The summed E-state index contributed by atoms with van der Waals surface area (Å²) in [6.45, 7) is 3.49. The van der Waals surface area contributed by atoms with Gasteiger partial charge in [-0.1, -0.05) is 38.0 Å². The Labute approximate surface area is 119 Å². The highest BCUT2D eigenvalue weighted by atomic mass is 16.6. The number of benzene rings is 1. The van der Waals surface area contributed by atoms with Crippen molar-refractivity contribution in [3.8, 4) is 0 Å². The second-order valence-electron chi connectivity index (χ2n) is 5.06. The number of carbonyl (C=O) groups excluding carboxylic acids is 2. The first kappa shape index (κ1) is 14.6. The first-order chi connectivity index (χ1) is 9.63. The van der Waals surface area contributed by atoms with E-state index in [1.165, 1.54) is 6.92 Å². The van der Waals surface area contributed by atoms with Crippen LogP contribution >= 0.6 is 0 Å². The fourth-order valence-electron chi connectivity index (χ4n) is 2.52. The van der Waals surface area contributed by atoms with E-state index in [4.69, 9.17) is 9.47 Å². The lowest BCUT2D eigenvalue weighted by Gasteiger charge is -2.32. The van der Waals surface area contributed by atoms with Gasteiger partial charge in [0.25, 0.3) is 0 Å². The van der Waals surface area contributed by atoms with Gasteiger partial charge in [-0.05, 0) is 18.9 Å². The van der Waals surface area contributed by atoms with Crippen LogP contribution in [0.1, 0.15) is 61.6 Å². The lowest BCUT2D eigenvalue weighted by Crippen LogP contribution is -2.34. The lowest BCUT2D eigenvalue weighted by atomic mass is 9.93.